The molecule has 1 atom stereocenters. The Labute approximate surface area is 143 Å². The number of nitrogens with zero attached hydrogens (tertiary/aromatic N) is 2. The van der Waals surface area contributed by atoms with E-state index in [9.17, 15) is 4.39 Å². The summed E-state index contributed by atoms with van der Waals surface area (Å²) in [5, 5.41) is 0. The second kappa shape index (κ2) is 7.71. The van der Waals surface area contributed by atoms with Gasteiger partial charge in [0.05, 0.1) is 5.69 Å². The van der Waals surface area contributed by atoms with Crippen LogP contribution in [0.4, 0.5) is 4.39 Å². The number of rotatable bonds is 7. The molecule has 0 saturated carbocycles. The molecule has 1 aromatic carbocycles. The minimum atomic E-state index is -0.599. The number of halogens is 1. The van der Waals surface area contributed by atoms with E-state index < -0.39 is 12.2 Å². The standard InChI is InChI=1S/C19H26FN3O/c1-13(2)10-19(4,21)12-24-18-6-5-15(9-16(18)11-20)17-7-8-22-14(3)23-17/h5-9,13H,10-12,21H2,1-4H3. The van der Waals surface area contributed by atoms with E-state index in [4.69, 9.17) is 10.5 Å². The Morgan fingerprint density at radius 3 is 2.67 bits per heavy atom. The highest BCUT2D eigenvalue weighted by atomic mass is 19.1. The molecule has 1 unspecified atom stereocenters. The smallest absolute Gasteiger partial charge is 0.125 e. The van der Waals surface area contributed by atoms with Crippen molar-refractivity contribution < 1.29 is 9.13 Å². The molecule has 4 nitrogen and oxygen atoms in total. The molecular formula is C19H26FN3O. The van der Waals surface area contributed by atoms with Crippen molar-refractivity contribution in [3.63, 3.8) is 0 Å². The Hall–Kier alpha value is -2.01. The van der Waals surface area contributed by atoms with Gasteiger partial charge in [-0.1, -0.05) is 13.8 Å². The highest BCUT2D eigenvalue weighted by Crippen LogP contribution is 2.27. The molecule has 5 heteroatoms. The normalized spacial score (nSPS) is 13.8. The molecule has 0 aliphatic carbocycles. The molecule has 0 spiro atoms. The van der Waals surface area contributed by atoms with Crippen LogP contribution in [0.3, 0.4) is 0 Å². The lowest BCUT2D eigenvalue weighted by atomic mass is 9.93. The van der Waals surface area contributed by atoms with Crippen LogP contribution in [0.25, 0.3) is 11.3 Å². The predicted octanol–water partition coefficient (Wildman–Crippen LogP) is 4.06. The summed E-state index contributed by atoms with van der Waals surface area (Å²) in [6.07, 6.45) is 2.54. The monoisotopic (exact) mass is 331 g/mol. The van der Waals surface area contributed by atoms with Crippen molar-refractivity contribution in [3.8, 4) is 17.0 Å². The maximum absolute atomic E-state index is 13.4. The number of ether oxygens (including phenoxy) is 1. The topological polar surface area (TPSA) is 61.0 Å². The zero-order chi connectivity index (χ0) is 17.7. The van der Waals surface area contributed by atoms with Gasteiger partial charge in [0.15, 0.2) is 0 Å². The van der Waals surface area contributed by atoms with Gasteiger partial charge >= 0.3 is 0 Å². The van der Waals surface area contributed by atoms with Crippen molar-refractivity contribution in [2.45, 2.75) is 46.3 Å². The summed E-state index contributed by atoms with van der Waals surface area (Å²) in [6, 6.07) is 7.25. The first kappa shape index (κ1) is 18.3. The van der Waals surface area contributed by atoms with E-state index in [-0.39, 0.29) is 0 Å². The van der Waals surface area contributed by atoms with Gasteiger partial charge < -0.3 is 10.5 Å². The summed E-state index contributed by atoms with van der Waals surface area (Å²) in [5.74, 6) is 1.70. The van der Waals surface area contributed by atoms with Crippen molar-refractivity contribution in [1.29, 1.82) is 0 Å². The van der Waals surface area contributed by atoms with Crippen LogP contribution in [0.2, 0.25) is 0 Å². The molecule has 0 saturated heterocycles. The van der Waals surface area contributed by atoms with Crippen LogP contribution in [0, 0.1) is 12.8 Å². The Bertz CT molecular complexity index is 686. The number of aryl methyl sites for hydroxylation is 1. The molecule has 1 heterocycles. The lowest BCUT2D eigenvalue weighted by Crippen LogP contribution is -2.43. The SMILES string of the molecule is Cc1nccc(-c2ccc(OCC(C)(N)CC(C)C)c(CF)c2)n1. The van der Waals surface area contributed by atoms with E-state index in [2.05, 4.69) is 23.8 Å². The summed E-state index contributed by atoms with van der Waals surface area (Å²) >= 11 is 0. The van der Waals surface area contributed by atoms with Gasteiger partial charge in [-0.3, -0.25) is 0 Å². The summed E-state index contributed by atoms with van der Waals surface area (Å²) in [7, 11) is 0. The van der Waals surface area contributed by atoms with E-state index in [1.54, 1.807) is 18.3 Å². The van der Waals surface area contributed by atoms with Gasteiger partial charge in [-0.25, -0.2) is 14.4 Å². The largest absolute Gasteiger partial charge is 0.491 e. The number of alkyl halides is 1. The number of hydrogen-bond donors (Lipinski definition) is 1. The van der Waals surface area contributed by atoms with Gasteiger partial charge in [-0.15, -0.1) is 0 Å². The van der Waals surface area contributed by atoms with Crippen molar-refractivity contribution >= 4 is 0 Å². The number of aromatic nitrogens is 2. The van der Waals surface area contributed by atoms with Crippen LogP contribution in [-0.2, 0) is 6.67 Å². The predicted molar refractivity (Wildman–Crippen MR) is 94.6 cm³/mol. The van der Waals surface area contributed by atoms with Crippen LogP contribution < -0.4 is 10.5 Å². The van der Waals surface area contributed by atoms with E-state index >= 15 is 0 Å². The molecule has 130 valence electrons. The molecule has 0 aliphatic rings. The Kier molecular flexibility index (Phi) is 5.89. The van der Waals surface area contributed by atoms with Gasteiger partial charge in [0.2, 0.25) is 0 Å². The van der Waals surface area contributed by atoms with Gasteiger partial charge in [0, 0.05) is 22.9 Å². The third-order valence-electron chi connectivity index (χ3n) is 3.71. The third-order valence-corrected chi connectivity index (χ3v) is 3.71. The molecule has 0 bridgehead atoms. The highest BCUT2D eigenvalue weighted by Gasteiger charge is 2.21. The fourth-order valence-corrected chi connectivity index (χ4v) is 2.84. The van der Waals surface area contributed by atoms with Gasteiger partial charge in [-0.2, -0.15) is 0 Å². The first-order chi connectivity index (χ1) is 11.3. The summed E-state index contributed by atoms with van der Waals surface area (Å²) in [5.41, 5.74) is 7.94. The fraction of sp³-hybridized carbons (Fsp3) is 0.474. The quantitative estimate of drug-likeness (QED) is 0.831. The molecule has 2 rings (SSSR count). The van der Waals surface area contributed by atoms with Gasteiger partial charge in [0.1, 0.15) is 24.9 Å². The molecule has 0 aliphatic heterocycles. The lowest BCUT2D eigenvalue weighted by Gasteiger charge is -2.27. The van der Waals surface area contributed by atoms with E-state index in [0.717, 1.165) is 17.7 Å². The van der Waals surface area contributed by atoms with Crippen molar-refractivity contribution in [2.24, 2.45) is 11.7 Å². The van der Waals surface area contributed by atoms with Crippen LogP contribution in [-0.4, -0.2) is 22.1 Å². The maximum atomic E-state index is 13.4. The van der Waals surface area contributed by atoms with Crippen LogP contribution in [0.15, 0.2) is 30.5 Å². The molecule has 0 fully saturated rings. The van der Waals surface area contributed by atoms with E-state index in [1.807, 2.05) is 26.0 Å². The number of hydrogen-bond acceptors (Lipinski definition) is 4. The average Bonchev–Trinajstić information content (AvgIpc) is 2.51. The second-order valence-corrected chi connectivity index (χ2v) is 6.99. The first-order valence-electron chi connectivity index (χ1n) is 8.21. The number of nitrogens with two attached hydrogens (primary N) is 1. The van der Waals surface area contributed by atoms with E-state index in [1.165, 1.54) is 0 Å². The zero-order valence-corrected chi connectivity index (χ0v) is 14.8. The first-order valence-corrected chi connectivity index (χ1v) is 8.21. The minimum absolute atomic E-state index is 0.351. The fourth-order valence-electron chi connectivity index (χ4n) is 2.84. The van der Waals surface area contributed by atoms with Crippen LogP contribution >= 0.6 is 0 Å². The van der Waals surface area contributed by atoms with Gasteiger partial charge in [-0.05, 0) is 50.5 Å². The average molecular weight is 331 g/mol. The molecule has 24 heavy (non-hydrogen) atoms. The van der Waals surface area contributed by atoms with Crippen molar-refractivity contribution in [1.82, 2.24) is 9.97 Å². The number of benzene rings is 1. The molecule has 2 N–H and O–H groups in total. The lowest BCUT2D eigenvalue weighted by molar-refractivity contribution is 0.204. The van der Waals surface area contributed by atoms with Crippen LogP contribution in [0.1, 0.15) is 38.6 Å². The minimum Gasteiger partial charge on any atom is -0.491 e. The van der Waals surface area contributed by atoms with Crippen molar-refractivity contribution in [3.05, 3.63) is 41.9 Å². The summed E-state index contributed by atoms with van der Waals surface area (Å²) < 4.78 is 19.3. The maximum Gasteiger partial charge on any atom is 0.125 e. The molecule has 0 amide bonds. The molecular weight excluding hydrogens is 305 g/mol. The zero-order valence-electron chi connectivity index (χ0n) is 14.8. The molecule has 2 aromatic rings. The Balaban J connectivity index is 2.17. The summed E-state index contributed by atoms with van der Waals surface area (Å²) in [4.78, 5) is 8.45. The van der Waals surface area contributed by atoms with E-state index in [0.29, 0.717) is 29.7 Å². The Morgan fingerprint density at radius 2 is 2.04 bits per heavy atom. The molecule has 0 radical (unpaired) electrons. The molecule has 1 aromatic heterocycles. The third kappa shape index (κ3) is 4.99. The van der Waals surface area contributed by atoms with Crippen LogP contribution in [0.5, 0.6) is 5.75 Å². The Morgan fingerprint density at radius 1 is 1.29 bits per heavy atom. The highest BCUT2D eigenvalue weighted by molar-refractivity contribution is 5.61. The second-order valence-electron chi connectivity index (χ2n) is 6.99. The van der Waals surface area contributed by atoms with Crippen molar-refractivity contribution in [2.75, 3.05) is 6.61 Å². The van der Waals surface area contributed by atoms with Gasteiger partial charge in [0.25, 0.3) is 0 Å². The summed E-state index contributed by atoms with van der Waals surface area (Å²) in [6.45, 7) is 7.78.